The van der Waals surface area contributed by atoms with E-state index < -0.39 is 11.8 Å². The van der Waals surface area contributed by atoms with Crippen molar-refractivity contribution in [2.75, 3.05) is 18.5 Å². The molecule has 6 heteroatoms. The van der Waals surface area contributed by atoms with Crippen molar-refractivity contribution in [1.29, 1.82) is 0 Å². The number of carboxylic acids is 1. The molecule has 0 aliphatic heterocycles. The van der Waals surface area contributed by atoms with Crippen molar-refractivity contribution in [3.8, 4) is 0 Å². The number of nitrogens with one attached hydrogen (secondary N) is 1. The molecular weight excluding hydrogens is 277 g/mol. The van der Waals surface area contributed by atoms with Gasteiger partial charge in [-0.2, -0.15) is 0 Å². The first-order valence-electron chi connectivity index (χ1n) is 6.61. The molecule has 0 aromatic heterocycles. The SMILES string of the molecule is CCCOCCC(=O)Nc1ccc(C=CC(=O)O)cc1F. The summed E-state index contributed by atoms with van der Waals surface area (Å²) < 4.78 is 18.9. The lowest BCUT2D eigenvalue weighted by atomic mass is 10.2. The Morgan fingerprint density at radius 2 is 2.14 bits per heavy atom. The van der Waals surface area contributed by atoms with Gasteiger partial charge in [-0.25, -0.2) is 9.18 Å². The zero-order valence-electron chi connectivity index (χ0n) is 11.8. The van der Waals surface area contributed by atoms with Crippen molar-refractivity contribution in [2.45, 2.75) is 19.8 Å². The van der Waals surface area contributed by atoms with Crippen LogP contribution in [0.15, 0.2) is 24.3 Å². The fraction of sp³-hybridized carbons (Fsp3) is 0.333. The van der Waals surface area contributed by atoms with Crippen LogP contribution in [0.2, 0.25) is 0 Å². The van der Waals surface area contributed by atoms with E-state index in [9.17, 15) is 14.0 Å². The van der Waals surface area contributed by atoms with E-state index >= 15 is 0 Å². The van der Waals surface area contributed by atoms with Crippen molar-refractivity contribution >= 4 is 23.6 Å². The van der Waals surface area contributed by atoms with Gasteiger partial charge in [0.2, 0.25) is 5.91 Å². The zero-order chi connectivity index (χ0) is 15.7. The van der Waals surface area contributed by atoms with Crippen LogP contribution in [0.4, 0.5) is 10.1 Å². The monoisotopic (exact) mass is 295 g/mol. The minimum Gasteiger partial charge on any atom is -0.478 e. The van der Waals surface area contributed by atoms with Gasteiger partial charge in [-0.3, -0.25) is 4.79 Å². The molecule has 0 unspecified atom stereocenters. The number of halogens is 1. The number of benzene rings is 1. The van der Waals surface area contributed by atoms with Gasteiger partial charge in [-0.15, -0.1) is 0 Å². The van der Waals surface area contributed by atoms with Gasteiger partial charge in [0, 0.05) is 12.7 Å². The normalized spacial score (nSPS) is 10.8. The van der Waals surface area contributed by atoms with E-state index in [1.54, 1.807) is 0 Å². The highest BCUT2D eigenvalue weighted by molar-refractivity contribution is 5.91. The van der Waals surface area contributed by atoms with Gasteiger partial charge in [0.15, 0.2) is 0 Å². The number of carbonyl (C=O) groups is 2. The molecule has 0 saturated carbocycles. The molecule has 114 valence electrons. The lowest BCUT2D eigenvalue weighted by Crippen LogP contribution is -2.15. The first-order valence-corrected chi connectivity index (χ1v) is 6.61. The molecule has 0 aliphatic carbocycles. The Morgan fingerprint density at radius 1 is 1.38 bits per heavy atom. The Kier molecular flexibility index (Phi) is 7.11. The quantitative estimate of drug-likeness (QED) is 0.571. The summed E-state index contributed by atoms with van der Waals surface area (Å²) >= 11 is 0. The van der Waals surface area contributed by atoms with Crippen LogP contribution in [0.5, 0.6) is 0 Å². The molecule has 0 radical (unpaired) electrons. The predicted octanol–water partition coefficient (Wildman–Crippen LogP) is 2.68. The highest BCUT2D eigenvalue weighted by Gasteiger charge is 2.07. The van der Waals surface area contributed by atoms with Gasteiger partial charge in [0.05, 0.1) is 18.7 Å². The smallest absolute Gasteiger partial charge is 0.328 e. The van der Waals surface area contributed by atoms with Crippen LogP contribution in [0, 0.1) is 5.82 Å². The zero-order valence-corrected chi connectivity index (χ0v) is 11.8. The van der Waals surface area contributed by atoms with E-state index in [0.717, 1.165) is 18.6 Å². The molecule has 1 aromatic carbocycles. The van der Waals surface area contributed by atoms with Gasteiger partial charge in [-0.1, -0.05) is 13.0 Å². The average Bonchev–Trinajstić information content (AvgIpc) is 2.44. The number of hydrogen-bond donors (Lipinski definition) is 2. The minimum absolute atomic E-state index is 0.0583. The van der Waals surface area contributed by atoms with Crippen molar-refractivity contribution < 1.29 is 23.8 Å². The maximum Gasteiger partial charge on any atom is 0.328 e. The van der Waals surface area contributed by atoms with E-state index in [1.807, 2.05) is 6.92 Å². The molecular formula is C15H18FNO4. The average molecular weight is 295 g/mol. The molecule has 5 nitrogen and oxygen atoms in total. The molecule has 21 heavy (non-hydrogen) atoms. The van der Waals surface area contributed by atoms with Crippen LogP contribution in [0.1, 0.15) is 25.3 Å². The lowest BCUT2D eigenvalue weighted by molar-refractivity contribution is -0.131. The Morgan fingerprint density at radius 3 is 2.76 bits per heavy atom. The van der Waals surface area contributed by atoms with Crippen molar-refractivity contribution in [1.82, 2.24) is 0 Å². The molecule has 0 fully saturated rings. The lowest BCUT2D eigenvalue weighted by Gasteiger charge is -2.07. The third-order valence-electron chi connectivity index (χ3n) is 2.51. The van der Waals surface area contributed by atoms with E-state index in [2.05, 4.69) is 5.32 Å². The summed E-state index contributed by atoms with van der Waals surface area (Å²) in [5.74, 6) is -2.07. The highest BCUT2D eigenvalue weighted by Crippen LogP contribution is 2.17. The van der Waals surface area contributed by atoms with E-state index in [0.29, 0.717) is 18.8 Å². The van der Waals surface area contributed by atoms with E-state index in [4.69, 9.17) is 9.84 Å². The van der Waals surface area contributed by atoms with Crippen LogP contribution >= 0.6 is 0 Å². The molecule has 0 atom stereocenters. The summed E-state index contributed by atoms with van der Waals surface area (Å²) in [5.41, 5.74) is 0.460. The number of carboxylic acid groups (broad SMARTS) is 1. The fourth-order valence-corrected chi connectivity index (χ4v) is 1.53. The molecule has 1 aromatic rings. The van der Waals surface area contributed by atoms with Crippen LogP contribution in [0.25, 0.3) is 6.08 Å². The molecule has 0 aliphatic rings. The standard InChI is InChI=1S/C15H18FNO4/c1-2-8-21-9-7-14(18)17-13-5-3-11(10-12(13)16)4-6-15(19)20/h3-6,10H,2,7-9H2,1H3,(H,17,18)(H,19,20). The van der Waals surface area contributed by atoms with Gasteiger partial charge in [-0.05, 0) is 30.2 Å². The summed E-state index contributed by atoms with van der Waals surface area (Å²) in [4.78, 5) is 21.9. The van der Waals surface area contributed by atoms with Gasteiger partial charge >= 0.3 is 5.97 Å². The molecule has 0 bridgehead atoms. The Labute approximate surface area is 122 Å². The highest BCUT2D eigenvalue weighted by atomic mass is 19.1. The topological polar surface area (TPSA) is 75.6 Å². The predicted molar refractivity (Wildman–Crippen MR) is 77.4 cm³/mol. The number of hydrogen-bond acceptors (Lipinski definition) is 3. The number of anilines is 1. The van der Waals surface area contributed by atoms with E-state index in [1.165, 1.54) is 18.2 Å². The van der Waals surface area contributed by atoms with E-state index in [-0.39, 0.29) is 18.0 Å². The molecule has 1 amide bonds. The molecule has 0 heterocycles. The number of rotatable bonds is 8. The van der Waals surface area contributed by atoms with Gasteiger partial charge in [0.25, 0.3) is 0 Å². The summed E-state index contributed by atoms with van der Waals surface area (Å²) in [6.07, 6.45) is 3.22. The van der Waals surface area contributed by atoms with Crippen molar-refractivity contribution in [3.05, 3.63) is 35.7 Å². The van der Waals surface area contributed by atoms with Gasteiger partial charge in [0.1, 0.15) is 5.82 Å². The van der Waals surface area contributed by atoms with Crippen molar-refractivity contribution in [2.24, 2.45) is 0 Å². The Hall–Kier alpha value is -2.21. The summed E-state index contributed by atoms with van der Waals surface area (Å²) in [6.45, 7) is 2.85. The second-order valence-electron chi connectivity index (χ2n) is 4.32. The van der Waals surface area contributed by atoms with Crippen LogP contribution in [-0.2, 0) is 14.3 Å². The van der Waals surface area contributed by atoms with Crippen LogP contribution < -0.4 is 5.32 Å². The van der Waals surface area contributed by atoms with Crippen LogP contribution in [0.3, 0.4) is 0 Å². The van der Waals surface area contributed by atoms with Crippen molar-refractivity contribution in [3.63, 3.8) is 0 Å². The summed E-state index contributed by atoms with van der Waals surface area (Å²) in [5, 5.41) is 10.9. The number of aliphatic carboxylic acids is 1. The molecule has 0 spiro atoms. The second-order valence-corrected chi connectivity index (χ2v) is 4.32. The third kappa shape index (κ3) is 6.67. The number of amides is 1. The summed E-state index contributed by atoms with van der Waals surface area (Å²) in [6, 6.07) is 4.07. The third-order valence-corrected chi connectivity index (χ3v) is 2.51. The molecule has 0 saturated heterocycles. The summed E-state index contributed by atoms with van der Waals surface area (Å²) in [7, 11) is 0. The second kappa shape index (κ2) is 8.86. The first kappa shape index (κ1) is 16.8. The minimum atomic E-state index is -1.11. The number of carbonyl (C=O) groups excluding carboxylic acids is 1. The molecule has 1 rings (SSSR count). The molecule has 2 N–H and O–H groups in total. The number of ether oxygens (including phenoxy) is 1. The maximum absolute atomic E-state index is 13.8. The Balaban J connectivity index is 2.56. The largest absolute Gasteiger partial charge is 0.478 e. The fourth-order valence-electron chi connectivity index (χ4n) is 1.53. The van der Waals surface area contributed by atoms with Gasteiger partial charge < -0.3 is 15.2 Å². The first-order chi connectivity index (χ1) is 10.0. The Bertz CT molecular complexity index is 528. The van der Waals surface area contributed by atoms with Crippen LogP contribution in [-0.4, -0.2) is 30.2 Å². The maximum atomic E-state index is 13.8.